The Morgan fingerprint density at radius 1 is 1.33 bits per heavy atom. The maximum absolute atomic E-state index is 12.3. The second-order valence-corrected chi connectivity index (χ2v) is 5.86. The summed E-state index contributed by atoms with van der Waals surface area (Å²) in [5.74, 6) is 0.422. The van der Waals surface area contributed by atoms with E-state index >= 15 is 0 Å². The zero-order chi connectivity index (χ0) is 16.7. The molecule has 3 N–H and O–H groups in total. The Morgan fingerprint density at radius 3 is 2.71 bits per heavy atom. The van der Waals surface area contributed by atoms with E-state index in [1.165, 1.54) is 0 Å². The molecule has 0 aromatic heterocycles. The zero-order valence-corrected chi connectivity index (χ0v) is 14.8. The van der Waals surface area contributed by atoms with Gasteiger partial charge in [-0.15, -0.1) is 12.4 Å². The summed E-state index contributed by atoms with van der Waals surface area (Å²) in [4.78, 5) is 26.0. The molecule has 24 heavy (non-hydrogen) atoms. The first-order chi connectivity index (χ1) is 11.1. The minimum absolute atomic E-state index is 0. The van der Waals surface area contributed by atoms with Crippen LogP contribution in [0.15, 0.2) is 24.3 Å². The smallest absolute Gasteiger partial charge is 0.260 e. The number of piperidine rings is 1. The quantitative estimate of drug-likeness (QED) is 0.800. The van der Waals surface area contributed by atoms with Crippen LogP contribution in [0.25, 0.3) is 0 Å². The molecule has 1 unspecified atom stereocenters. The fraction of sp³-hybridized carbons (Fsp3) is 0.529. The van der Waals surface area contributed by atoms with Crippen molar-refractivity contribution in [2.24, 2.45) is 11.7 Å². The number of hydrogen-bond donors (Lipinski definition) is 2. The zero-order valence-electron chi connectivity index (χ0n) is 14.0. The summed E-state index contributed by atoms with van der Waals surface area (Å²) in [6, 6.07) is 7.58. The average molecular weight is 356 g/mol. The van der Waals surface area contributed by atoms with Gasteiger partial charge in [0.25, 0.3) is 5.91 Å². The van der Waals surface area contributed by atoms with Crippen LogP contribution in [0.2, 0.25) is 0 Å². The van der Waals surface area contributed by atoms with Crippen LogP contribution in [0.3, 0.4) is 0 Å². The Kier molecular flexibility index (Phi) is 8.57. The van der Waals surface area contributed by atoms with E-state index in [4.69, 9.17) is 10.5 Å². The van der Waals surface area contributed by atoms with Crippen LogP contribution < -0.4 is 15.8 Å². The van der Waals surface area contributed by atoms with Crippen LogP contribution in [0.1, 0.15) is 18.4 Å². The van der Waals surface area contributed by atoms with E-state index in [0.29, 0.717) is 31.9 Å². The van der Waals surface area contributed by atoms with E-state index in [1.54, 1.807) is 4.90 Å². The fourth-order valence-corrected chi connectivity index (χ4v) is 2.63. The van der Waals surface area contributed by atoms with E-state index in [-0.39, 0.29) is 36.7 Å². The van der Waals surface area contributed by atoms with Gasteiger partial charge in [-0.1, -0.05) is 17.7 Å². The summed E-state index contributed by atoms with van der Waals surface area (Å²) in [6.07, 6.45) is 1.63. The van der Waals surface area contributed by atoms with Crippen molar-refractivity contribution in [3.8, 4) is 5.75 Å². The third-order valence-electron chi connectivity index (χ3n) is 3.97. The Bertz CT molecular complexity index is 536. The van der Waals surface area contributed by atoms with Gasteiger partial charge in [-0.25, -0.2) is 0 Å². The van der Waals surface area contributed by atoms with Crippen molar-refractivity contribution in [1.29, 1.82) is 0 Å². The van der Waals surface area contributed by atoms with Crippen molar-refractivity contribution < 1.29 is 14.3 Å². The Balaban J connectivity index is 0.00000288. The van der Waals surface area contributed by atoms with Gasteiger partial charge in [0.15, 0.2) is 6.61 Å². The number of carbonyl (C=O) groups is 2. The minimum Gasteiger partial charge on any atom is -0.484 e. The highest BCUT2D eigenvalue weighted by molar-refractivity contribution is 5.85. The third kappa shape index (κ3) is 6.02. The summed E-state index contributed by atoms with van der Waals surface area (Å²) < 4.78 is 5.53. The summed E-state index contributed by atoms with van der Waals surface area (Å²) in [6.45, 7) is 4.02. The Morgan fingerprint density at radius 2 is 2.04 bits per heavy atom. The largest absolute Gasteiger partial charge is 0.484 e. The molecule has 1 heterocycles. The standard InChI is InChI=1S/C17H25N3O3.ClH/c1-13-4-6-15(7-5-13)23-12-16(21)20-10-2-3-14(11-20)17(22)19-9-8-18;/h4-7,14H,2-3,8-12,18H2,1H3,(H,19,22);1H. The molecule has 0 saturated carbocycles. The van der Waals surface area contributed by atoms with E-state index < -0.39 is 0 Å². The Labute approximate surface area is 149 Å². The van der Waals surface area contributed by atoms with Gasteiger partial charge in [0.2, 0.25) is 5.91 Å². The lowest BCUT2D eigenvalue weighted by atomic mass is 9.97. The number of aryl methyl sites for hydroxylation is 1. The molecule has 0 radical (unpaired) electrons. The topological polar surface area (TPSA) is 84.7 Å². The molecule has 1 aliphatic heterocycles. The Hall–Kier alpha value is -1.79. The van der Waals surface area contributed by atoms with Crippen LogP contribution in [0.5, 0.6) is 5.75 Å². The molecule has 0 bridgehead atoms. The van der Waals surface area contributed by atoms with Gasteiger partial charge < -0.3 is 20.7 Å². The SMILES string of the molecule is Cc1ccc(OCC(=O)N2CCCC(C(=O)NCCN)C2)cc1.Cl. The summed E-state index contributed by atoms with van der Waals surface area (Å²) in [5, 5.41) is 2.79. The number of nitrogens with two attached hydrogens (primary N) is 1. The number of rotatable bonds is 6. The van der Waals surface area contributed by atoms with Crippen LogP contribution in [-0.4, -0.2) is 49.5 Å². The number of halogens is 1. The van der Waals surface area contributed by atoms with Gasteiger partial charge >= 0.3 is 0 Å². The molecular formula is C17H26ClN3O3. The second-order valence-electron chi connectivity index (χ2n) is 5.86. The number of likely N-dealkylation sites (tertiary alicyclic amines) is 1. The highest BCUT2D eigenvalue weighted by Gasteiger charge is 2.28. The van der Waals surface area contributed by atoms with Crippen LogP contribution >= 0.6 is 12.4 Å². The van der Waals surface area contributed by atoms with Crippen LogP contribution in [0, 0.1) is 12.8 Å². The van der Waals surface area contributed by atoms with Crippen molar-refractivity contribution >= 4 is 24.2 Å². The second kappa shape index (κ2) is 10.2. The molecule has 7 heteroatoms. The van der Waals surface area contributed by atoms with Gasteiger partial charge in [-0.2, -0.15) is 0 Å². The molecule has 1 aromatic carbocycles. The van der Waals surface area contributed by atoms with Crippen molar-refractivity contribution in [1.82, 2.24) is 10.2 Å². The number of nitrogens with zero attached hydrogens (tertiary/aromatic N) is 1. The molecule has 0 spiro atoms. The van der Waals surface area contributed by atoms with E-state index in [9.17, 15) is 9.59 Å². The summed E-state index contributed by atoms with van der Waals surface area (Å²) in [7, 11) is 0. The molecule has 2 rings (SSSR count). The molecule has 1 fully saturated rings. The maximum atomic E-state index is 12.3. The fourth-order valence-electron chi connectivity index (χ4n) is 2.63. The lowest BCUT2D eigenvalue weighted by Crippen LogP contribution is -2.47. The van der Waals surface area contributed by atoms with Crippen molar-refractivity contribution in [2.45, 2.75) is 19.8 Å². The van der Waals surface area contributed by atoms with Gasteiger partial charge in [-0.05, 0) is 31.9 Å². The minimum atomic E-state index is -0.154. The molecule has 2 amide bonds. The lowest BCUT2D eigenvalue weighted by Gasteiger charge is -2.32. The van der Waals surface area contributed by atoms with Crippen molar-refractivity contribution in [3.63, 3.8) is 0 Å². The highest BCUT2D eigenvalue weighted by Crippen LogP contribution is 2.17. The molecule has 134 valence electrons. The maximum Gasteiger partial charge on any atom is 0.260 e. The monoisotopic (exact) mass is 355 g/mol. The highest BCUT2D eigenvalue weighted by atomic mass is 35.5. The normalized spacial score (nSPS) is 16.9. The van der Waals surface area contributed by atoms with E-state index in [2.05, 4.69) is 5.32 Å². The molecule has 0 aliphatic carbocycles. The first-order valence-corrected chi connectivity index (χ1v) is 8.05. The molecule has 1 aromatic rings. The summed E-state index contributed by atoms with van der Waals surface area (Å²) in [5.41, 5.74) is 6.53. The summed E-state index contributed by atoms with van der Waals surface area (Å²) >= 11 is 0. The first-order valence-electron chi connectivity index (χ1n) is 8.05. The molecule has 1 saturated heterocycles. The van der Waals surface area contributed by atoms with Crippen LogP contribution in [-0.2, 0) is 9.59 Å². The van der Waals surface area contributed by atoms with E-state index in [0.717, 1.165) is 18.4 Å². The number of amides is 2. The molecule has 1 aliphatic rings. The van der Waals surface area contributed by atoms with Gasteiger partial charge in [0.05, 0.1) is 5.92 Å². The first kappa shape index (κ1) is 20.3. The number of nitrogens with one attached hydrogen (secondary N) is 1. The van der Waals surface area contributed by atoms with Gasteiger partial charge in [0.1, 0.15) is 5.75 Å². The average Bonchev–Trinajstić information content (AvgIpc) is 2.59. The number of ether oxygens (including phenoxy) is 1. The van der Waals surface area contributed by atoms with Crippen molar-refractivity contribution in [2.75, 3.05) is 32.8 Å². The predicted octanol–water partition coefficient (Wildman–Crippen LogP) is 1.11. The van der Waals surface area contributed by atoms with Gasteiger partial charge in [-0.3, -0.25) is 9.59 Å². The molecular weight excluding hydrogens is 330 g/mol. The predicted molar refractivity (Wildman–Crippen MR) is 95.3 cm³/mol. The van der Waals surface area contributed by atoms with Crippen LogP contribution in [0.4, 0.5) is 0 Å². The number of carbonyl (C=O) groups excluding carboxylic acids is 2. The van der Waals surface area contributed by atoms with E-state index in [1.807, 2.05) is 31.2 Å². The molecule has 1 atom stereocenters. The number of hydrogen-bond acceptors (Lipinski definition) is 4. The van der Waals surface area contributed by atoms with Crippen molar-refractivity contribution in [3.05, 3.63) is 29.8 Å². The third-order valence-corrected chi connectivity index (χ3v) is 3.97. The van der Waals surface area contributed by atoms with Gasteiger partial charge in [0, 0.05) is 26.2 Å². The number of benzene rings is 1. The lowest BCUT2D eigenvalue weighted by molar-refractivity contribution is -0.137. The molecule has 6 nitrogen and oxygen atoms in total.